The number of aromatic nitrogens is 1. The number of unbranched alkanes of at least 4 members (excludes halogenated alkanes) is 2. The Bertz CT molecular complexity index is 886. The standard InChI is InChI=1S/C22H30N2O4/c1-5-8-13-24-19-15-17(23-12-7-3)10-11-18(19)20(27-14-9-6-2)21(22(24)26)28-16(4)25/h7,10-11,15,23H,3,5-6,8-9,12-14H2,1-2,4H3. The van der Waals surface area contributed by atoms with E-state index in [0.717, 1.165) is 42.3 Å². The van der Waals surface area contributed by atoms with Crippen LogP contribution in [0.25, 0.3) is 10.9 Å². The van der Waals surface area contributed by atoms with Crippen molar-refractivity contribution in [1.82, 2.24) is 4.57 Å². The number of esters is 1. The van der Waals surface area contributed by atoms with Gasteiger partial charge in [0.15, 0.2) is 5.75 Å². The fourth-order valence-corrected chi connectivity index (χ4v) is 2.93. The first kappa shape index (κ1) is 21.5. The smallest absolute Gasteiger partial charge is 0.308 e. The van der Waals surface area contributed by atoms with Crippen LogP contribution in [-0.2, 0) is 11.3 Å². The predicted molar refractivity (Wildman–Crippen MR) is 114 cm³/mol. The van der Waals surface area contributed by atoms with Gasteiger partial charge in [-0.1, -0.05) is 32.8 Å². The van der Waals surface area contributed by atoms with Gasteiger partial charge in [0.1, 0.15) is 0 Å². The first-order valence-electron chi connectivity index (χ1n) is 9.90. The predicted octanol–water partition coefficient (Wildman–Crippen LogP) is 4.50. The third-order valence-corrected chi connectivity index (χ3v) is 4.35. The van der Waals surface area contributed by atoms with E-state index in [0.29, 0.717) is 25.4 Å². The van der Waals surface area contributed by atoms with Crippen molar-refractivity contribution in [2.24, 2.45) is 0 Å². The third-order valence-electron chi connectivity index (χ3n) is 4.35. The minimum Gasteiger partial charge on any atom is -0.489 e. The fourth-order valence-electron chi connectivity index (χ4n) is 2.93. The van der Waals surface area contributed by atoms with Gasteiger partial charge in [0.05, 0.1) is 12.1 Å². The Labute approximate surface area is 166 Å². The normalized spacial score (nSPS) is 10.7. The van der Waals surface area contributed by atoms with Crippen LogP contribution in [0.2, 0.25) is 0 Å². The van der Waals surface area contributed by atoms with E-state index in [2.05, 4.69) is 25.7 Å². The van der Waals surface area contributed by atoms with E-state index < -0.39 is 5.97 Å². The molecule has 0 aliphatic rings. The van der Waals surface area contributed by atoms with Crippen molar-refractivity contribution < 1.29 is 14.3 Å². The lowest BCUT2D eigenvalue weighted by atomic mass is 10.1. The zero-order chi connectivity index (χ0) is 20.5. The average molecular weight is 386 g/mol. The van der Waals surface area contributed by atoms with Crippen molar-refractivity contribution in [3.63, 3.8) is 0 Å². The molecule has 1 aromatic carbocycles. The lowest BCUT2D eigenvalue weighted by Gasteiger charge is -2.18. The third kappa shape index (κ3) is 5.15. The Morgan fingerprint density at radius 3 is 2.61 bits per heavy atom. The van der Waals surface area contributed by atoms with Gasteiger partial charge >= 0.3 is 5.97 Å². The van der Waals surface area contributed by atoms with Gasteiger partial charge in [-0.2, -0.15) is 0 Å². The Morgan fingerprint density at radius 2 is 1.96 bits per heavy atom. The molecule has 0 saturated carbocycles. The number of ether oxygens (including phenoxy) is 2. The van der Waals surface area contributed by atoms with E-state index in [4.69, 9.17) is 9.47 Å². The van der Waals surface area contributed by atoms with Crippen LogP contribution in [0.5, 0.6) is 11.5 Å². The summed E-state index contributed by atoms with van der Waals surface area (Å²) in [6.45, 7) is 10.8. The number of carbonyl (C=O) groups is 1. The van der Waals surface area contributed by atoms with Crippen molar-refractivity contribution in [1.29, 1.82) is 0 Å². The van der Waals surface area contributed by atoms with Gasteiger partial charge < -0.3 is 19.4 Å². The zero-order valence-corrected chi connectivity index (χ0v) is 17.0. The molecule has 0 radical (unpaired) electrons. The van der Waals surface area contributed by atoms with E-state index >= 15 is 0 Å². The highest BCUT2D eigenvalue weighted by Gasteiger charge is 2.21. The van der Waals surface area contributed by atoms with E-state index in [9.17, 15) is 9.59 Å². The Kier molecular flexibility index (Phi) is 8.11. The van der Waals surface area contributed by atoms with E-state index in [1.807, 2.05) is 18.2 Å². The van der Waals surface area contributed by atoms with Crippen LogP contribution in [-0.4, -0.2) is 23.7 Å². The molecule has 0 saturated heterocycles. The van der Waals surface area contributed by atoms with Crippen molar-refractivity contribution in [2.75, 3.05) is 18.5 Å². The summed E-state index contributed by atoms with van der Waals surface area (Å²) in [5.41, 5.74) is 1.30. The molecule has 0 spiro atoms. The van der Waals surface area contributed by atoms with Gasteiger partial charge in [-0.15, -0.1) is 6.58 Å². The summed E-state index contributed by atoms with van der Waals surface area (Å²) in [5, 5.41) is 4.00. The second-order valence-corrected chi connectivity index (χ2v) is 6.67. The maximum Gasteiger partial charge on any atom is 0.308 e. The van der Waals surface area contributed by atoms with E-state index in [1.54, 1.807) is 10.6 Å². The van der Waals surface area contributed by atoms with Crippen LogP contribution in [0.15, 0.2) is 35.6 Å². The van der Waals surface area contributed by atoms with Crippen LogP contribution >= 0.6 is 0 Å². The number of benzene rings is 1. The van der Waals surface area contributed by atoms with Crippen LogP contribution in [0, 0.1) is 0 Å². The van der Waals surface area contributed by atoms with E-state index in [1.165, 1.54) is 6.92 Å². The summed E-state index contributed by atoms with van der Waals surface area (Å²) >= 11 is 0. The molecule has 1 heterocycles. The monoisotopic (exact) mass is 386 g/mol. The van der Waals surface area contributed by atoms with Gasteiger partial charge in [0.2, 0.25) is 5.75 Å². The number of rotatable bonds is 11. The summed E-state index contributed by atoms with van der Waals surface area (Å²) in [6.07, 6.45) is 5.37. The number of aryl methyl sites for hydroxylation is 1. The summed E-state index contributed by atoms with van der Waals surface area (Å²) < 4.78 is 12.9. The molecule has 0 unspecified atom stereocenters. The molecule has 0 bridgehead atoms. The minimum atomic E-state index is -0.539. The number of carbonyl (C=O) groups excluding carboxylic acids is 1. The molecule has 152 valence electrons. The van der Waals surface area contributed by atoms with Crippen molar-refractivity contribution in [3.05, 3.63) is 41.2 Å². The number of fused-ring (bicyclic) bond motifs is 1. The Hall–Kier alpha value is -2.76. The zero-order valence-electron chi connectivity index (χ0n) is 17.0. The SMILES string of the molecule is C=CCNc1ccc2c(OCCCC)c(OC(C)=O)c(=O)n(CCCC)c2c1. The highest BCUT2D eigenvalue weighted by atomic mass is 16.6. The molecule has 6 heteroatoms. The van der Waals surface area contributed by atoms with Crippen LogP contribution in [0.3, 0.4) is 0 Å². The second-order valence-electron chi connectivity index (χ2n) is 6.67. The van der Waals surface area contributed by atoms with Crippen molar-refractivity contribution in [3.8, 4) is 11.5 Å². The summed E-state index contributed by atoms with van der Waals surface area (Å²) in [7, 11) is 0. The minimum absolute atomic E-state index is 0.0287. The molecule has 0 amide bonds. The molecular weight excluding hydrogens is 356 g/mol. The van der Waals surface area contributed by atoms with Crippen LogP contribution < -0.4 is 20.3 Å². The molecule has 0 fully saturated rings. The van der Waals surface area contributed by atoms with Gasteiger partial charge in [0.25, 0.3) is 5.56 Å². The van der Waals surface area contributed by atoms with E-state index in [-0.39, 0.29) is 11.3 Å². The van der Waals surface area contributed by atoms with Gasteiger partial charge in [-0.05, 0) is 31.0 Å². The maximum absolute atomic E-state index is 13.2. The highest BCUT2D eigenvalue weighted by Crippen LogP contribution is 2.34. The topological polar surface area (TPSA) is 69.6 Å². The Morgan fingerprint density at radius 1 is 1.21 bits per heavy atom. The average Bonchev–Trinajstić information content (AvgIpc) is 2.68. The van der Waals surface area contributed by atoms with Crippen molar-refractivity contribution >= 4 is 22.6 Å². The molecule has 28 heavy (non-hydrogen) atoms. The number of nitrogens with one attached hydrogen (secondary N) is 1. The lowest BCUT2D eigenvalue weighted by Crippen LogP contribution is -2.25. The van der Waals surface area contributed by atoms with Crippen LogP contribution in [0.4, 0.5) is 5.69 Å². The summed E-state index contributed by atoms with van der Waals surface area (Å²) in [5.74, 6) is -0.228. The summed E-state index contributed by atoms with van der Waals surface area (Å²) in [6, 6.07) is 5.75. The second kappa shape index (κ2) is 10.5. The number of nitrogens with zero attached hydrogens (tertiary/aromatic N) is 1. The molecule has 0 aliphatic carbocycles. The van der Waals surface area contributed by atoms with Gasteiger partial charge in [0, 0.05) is 31.1 Å². The number of hydrogen-bond acceptors (Lipinski definition) is 5. The van der Waals surface area contributed by atoms with Crippen molar-refractivity contribution in [2.45, 2.75) is 53.0 Å². The lowest BCUT2D eigenvalue weighted by molar-refractivity contribution is -0.132. The first-order valence-corrected chi connectivity index (χ1v) is 9.90. The molecule has 0 atom stereocenters. The molecule has 1 N–H and O–H groups in total. The molecule has 2 rings (SSSR count). The molecule has 0 aliphatic heterocycles. The molecule has 6 nitrogen and oxygen atoms in total. The fraction of sp³-hybridized carbons (Fsp3) is 0.455. The van der Waals surface area contributed by atoms with Crippen LogP contribution in [0.1, 0.15) is 46.5 Å². The van der Waals surface area contributed by atoms with Gasteiger partial charge in [-0.25, -0.2) is 0 Å². The van der Waals surface area contributed by atoms with Gasteiger partial charge in [-0.3, -0.25) is 9.59 Å². The molecular formula is C22H30N2O4. The summed E-state index contributed by atoms with van der Waals surface area (Å²) in [4.78, 5) is 24.8. The quantitative estimate of drug-likeness (QED) is 0.350. The Balaban J connectivity index is 2.70. The molecule has 2 aromatic rings. The number of hydrogen-bond donors (Lipinski definition) is 1. The molecule has 1 aromatic heterocycles. The first-order chi connectivity index (χ1) is 13.5. The maximum atomic E-state index is 13.2. The number of anilines is 1. The highest BCUT2D eigenvalue weighted by molar-refractivity contribution is 5.91. The largest absolute Gasteiger partial charge is 0.489 e. The number of pyridine rings is 1.